The summed E-state index contributed by atoms with van der Waals surface area (Å²) >= 11 is 1.76. The normalized spacial score (nSPS) is 10.6. The van der Waals surface area contributed by atoms with Gasteiger partial charge < -0.3 is 4.74 Å². The molecule has 0 aliphatic heterocycles. The van der Waals surface area contributed by atoms with Gasteiger partial charge in [0.1, 0.15) is 5.75 Å². The molecule has 0 unspecified atom stereocenters. The monoisotopic (exact) mass is 340 g/mol. The second kappa shape index (κ2) is 5.56. The van der Waals surface area contributed by atoms with Crippen LogP contribution in [0.4, 0.5) is 8.78 Å². The first kappa shape index (κ1) is 13.3. The molecule has 16 heavy (non-hydrogen) atoms. The number of rotatable bonds is 4. The van der Waals surface area contributed by atoms with Crippen LogP contribution >= 0.6 is 22.6 Å². The molecule has 0 amide bonds. The van der Waals surface area contributed by atoms with E-state index in [9.17, 15) is 13.6 Å². The molecule has 0 heterocycles. The van der Waals surface area contributed by atoms with Gasteiger partial charge in [-0.3, -0.25) is 4.79 Å². The number of halogens is 3. The zero-order chi connectivity index (χ0) is 12.3. The maximum Gasteiger partial charge on any atom is 0.265 e. The molecule has 1 rings (SSSR count). The number of ketones is 1. The minimum Gasteiger partial charge on any atom is -0.494 e. The summed E-state index contributed by atoms with van der Waals surface area (Å²) in [7, 11) is 0. The summed E-state index contributed by atoms with van der Waals surface area (Å²) in [6.07, 6.45) is -2.61. The van der Waals surface area contributed by atoms with Crippen LogP contribution in [0.2, 0.25) is 0 Å². The van der Waals surface area contributed by atoms with Gasteiger partial charge in [0.05, 0.1) is 6.61 Å². The smallest absolute Gasteiger partial charge is 0.265 e. The number of hydrogen-bond acceptors (Lipinski definition) is 2. The van der Waals surface area contributed by atoms with Crippen molar-refractivity contribution < 1.29 is 18.3 Å². The van der Waals surface area contributed by atoms with E-state index in [4.69, 9.17) is 4.74 Å². The van der Waals surface area contributed by atoms with Crippen molar-refractivity contribution >= 4 is 28.4 Å². The molecule has 88 valence electrons. The SMILES string of the molecule is CCOc1cc(C(C)=O)c(I)c(C(F)F)c1. The first-order chi connectivity index (χ1) is 7.47. The lowest BCUT2D eigenvalue weighted by Gasteiger charge is -2.11. The summed E-state index contributed by atoms with van der Waals surface area (Å²) in [5.74, 6) is 0.0660. The third-order valence-electron chi connectivity index (χ3n) is 2.00. The zero-order valence-corrected chi connectivity index (χ0v) is 11.0. The van der Waals surface area contributed by atoms with Gasteiger partial charge in [-0.2, -0.15) is 0 Å². The maximum atomic E-state index is 12.7. The van der Waals surface area contributed by atoms with E-state index in [-0.39, 0.29) is 16.9 Å². The highest BCUT2D eigenvalue weighted by Gasteiger charge is 2.18. The fraction of sp³-hybridized carbons (Fsp3) is 0.364. The number of alkyl halides is 2. The fourth-order valence-electron chi connectivity index (χ4n) is 1.28. The Morgan fingerprint density at radius 3 is 2.56 bits per heavy atom. The molecule has 0 N–H and O–H groups in total. The summed E-state index contributed by atoms with van der Waals surface area (Å²) in [6.45, 7) is 3.48. The second-order valence-corrected chi connectivity index (χ2v) is 4.24. The molecule has 0 aliphatic rings. The number of Topliss-reactive ketones (excluding diaryl/α,β-unsaturated/α-hetero) is 1. The minimum absolute atomic E-state index is 0.156. The Morgan fingerprint density at radius 1 is 1.50 bits per heavy atom. The quantitative estimate of drug-likeness (QED) is 0.615. The average Bonchev–Trinajstić information content (AvgIpc) is 2.19. The molecule has 0 saturated carbocycles. The number of ether oxygens (including phenoxy) is 1. The predicted octanol–water partition coefficient (Wildman–Crippen LogP) is 3.83. The van der Waals surface area contributed by atoms with Gasteiger partial charge in [-0.1, -0.05) is 0 Å². The van der Waals surface area contributed by atoms with Crippen LogP contribution in [0.15, 0.2) is 12.1 Å². The number of hydrogen-bond donors (Lipinski definition) is 0. The van der Waals surface area contributed by atoms with E-state index in [0.29, 0.717) is 15.9 Å². The van der Waals surface area contributed by atoms with E-state index in [1.165, 1.54) is 19.1 Å². The topological polar surface area (TPSA) is 26.3 Å². The lowest BCUT2D eigenvalue weighted by Crippen LogP contribution is -2.03. The molecule has 0 aromatic heterocycles. The highest BCUT2D eigenvalue weighted by Crippen LogP contribution is 2.31. The van der Waals surface area contributed by atoms with Crippen LogP contribution in [-0.2, 0) is 0 Å². The van der Waals surface area contributed by atoms with E-state index in [1.807, 2.05) is 0 Å². The van der Waals surface area contributed by atoms with Crippen molar-refractivity contribution in [3.63, 3.8) is 0 Å². The van der Waals surface area contributed by atoms with Crippen LogP contribution in [0.1, 0.15) is 36.2 Å². The average molecular weight is 340 g/mol. The van der Waals surface area contributed by atoms with Crippen molar-refractivity contribution in [1.82, 2.24) is 0 Å². The molecule has 1 aromatic carbocycles. The van der Waals surface area contributed by atoms with E-state index in [2.05, 4.69) is 0 Å². The minimum atomic E-state index is -2.61. The van der Waals surface area contributed by atoms with E-state index in [1.54, 1.807) is 29.5 Å². The lowest BCUT2D eigenvalue weighted by molar-refractivity contribution is 0.101. The Labute approximate surface area is 106 Å². The van der Waals surface area contributed by atoms with Crippen molar-refractivity contribution in [1.29, 1.82) is 0 Å². The lowest BCUT2D eigenvalue weighted by atomic mass is 10.1. The van der Waals surface area contributed by atoms with Crippen LogP contribution in [0.5, 0.6) is 5.75 Å². The van der Waals surface area contributed by atoms with Crippen LogP contribution < -0.4 is 4.74 Å². The first-order valence-electron chi connectivity index (χ1n) is 4.72. The van der Waals surface area contributed by atoms with Gasteiger partial charge >= 0.3 is 0 Å². The van der Waals surface area contributed by atoms with Crippen LogP contribution in [0, 0.1) is 3.57 Å². The molecule has 0 aliphatic carbocycles. The van der Waals surface area contributed by atoms with E-state index >= 15 is 0 Å². The molecule has 0 radical (unpaired) electrons. The van der Waals surface area contributed by atoms with Gasteiger partial charge in [0.15, 0.2) is 5.78 Å². The Bertz CT molecular complexity index is 405. The van der Waals surface area contributed by atoms with Crippen molar-refractivity contribution in [3.8, 4) is 5.75 Å². The Balaban J connectivity index is 3.33. The van der Waals surface area contributed by atoms with Gasteiger partial charge in [0, 0.05) is 14.7 Å². The van der Waals surface area contributed by atoms with Crippen molar-refractivity contribution in [2.75, 3.05) is 6.61 Å². The van der Waals surface area contributed by atoms with Crippen molar-refractivity contribution in [3.05, 3.63) is 26.8 Å². The molecule has 0 atom stereocenters. The van der Waals surface area contributed by atoms with Gasteiger partial charge in [0.25, 0.3) is 6.43 Å². The van der Waals surface area contributed by atoms with Gasteiger partial charge in [-0.25, -0.2) is 8.78 Å². The third-order valence-corrected chi connectivity index (χ3v) is 3.20. The third kappa shape index (κ3) is 2.90. The summed E-state index contributed by atoms with van der Waals surface area (Å²) in [5.41, 5.74) is 0.124. The summed E-state index contributed by atoms with van der Waals surface area (Å²) < 4.78 is 30.9. The molecule has 0 bridgehead atoms. The maximum absolute atomic E-state index is 12.7. The van der Waals surface area contributed by atoms with E-state index < -0.39 is 6.43 Å². The Kier molecular flexibility index (Phi) is 4.64. The van der Waals surface area contributed by atoms with E-state index in [0.717, 1.165) is 0 Å². The van der Waals surface area contributed by atoms with Crippen LogP contribution in [0.25, 0.3) is 0 Å². The summed E-state index contributed by atoms with van der Waals surface area (Å²) in [6, 6.07) is 2.78. The van der Waals surface area contributed by atoms with Crippen LogP contribution in [-0.4, -0.2) is 12.4 Å². The standard InChI is InChI=1S/C11H11F2IO2/c1-3-16-7-4-8(6(2)15)10(14)9(5-7)11(12)13/h4-5,11H,3H2,1-2H3. The highest BCUT2D eigenvalue weighted by atomic mass is 127. The molecule has 5 heteroatoms. The second-order valence-electron chi connectivity index (χ2n) is 3.16. The fourth-order valence-corrected chi connectivity index (χ4v) is 2.21. The molecule has 0 saturated heterocycles. The molecule has 1 aromatic rings. The van der Waals surface area contributed by atoms with Crippen molar-refractivity contribution in [2.24, 2.45) is 0 Å². The summed E-state index contributed by atoms with van der Waals surface area (Å²) in [5, 5.41) is 0. The number of benzene rings is 1. The van der Waals surface area contributed by atoms with Gasteiger partial charge in [-0.05, 0) is 48.6 Å². The molecule has 2 nitrogen and oxygen atoms in total. The highest BCUT2D eigenvalue weighted by molar-refractivity contribution is 14.1. The first-order valence-corrected chi connectivity index (χ1v) is 5.80. The zero-order valence-electron chi connectivity index (χ0n) is 8.89. The number of carbonyl (C=O) groups is 1. The predicted molar refractivity (Wildman–Crippen MR) is 65.3 cm³/mol. The Hall–Kier alpha value is -0.720. The van der Waals surface area contributed by atoms with Gasteiger partial charge in [0.2, 0.25) is 0 Å². The summed E-state index contributed by atoms with van der Waals surface area (Å²) in [4.78, 5) is 11.3. The van der Waals surface area contributed by atoms with Gasteiger partial charge in [-0.15, -0.1) is 0 Å². The van der Waals surface area contributed by atoms with Crippen LogP contribution in [0.3, 0.4) is 0 Å². The molecule has 0 spiro atoms. The molecular weight excluding hydrogens is 329 g/mol. The van der Waals surface area contributed by atoms with Crippen molar-refractivity contribution in [2.45, 2.75) is 20.3 Å². The molecular formula is C11H11F2IO2. The number of carbonyl (C=O) groups excluding carboxylic acids is 1. The molecule has 0 fully saturated rings. The Morgan fingerprint density at radius 2 is 2.12 bits per heavy atom. The largest absolute Gasteiger partial charge is 0.494 e.